The van der Waals surface area contributed by atoms with Crippen LogP contribution in [0, 0.1) is 5.92 Å². The lowest BCUT2D eigenvalue weighted by Gasteiger charge is -2.19. The van der Waals surface area contributed by atoms with Crippen molar-refractivity contribution in [1.29, 1.82) is 0 Å². The van der Waals surface area contributed by atoms with Crippen molar-refractivity contribution in [1.82, 2.24) is 5.32 Å². The first kappa shape index (κ1) is 12.4. The number of nitrogens with one attached hydrogen (secondary N) is 1. The summed E-state index contributed by atoms with van der Waals surface area (Å²) in [4.78, 5) is 0. The van der Waals surface area contributed by atoms with Crippen LogP contribution in [0.1, 0.15) is 45.2 Å². The summed E-state index contributed by atoms with van der Waals surface area (Å²) < 4.78 is 5.76. The van der Waals surface area contributed by atoms with Gasteiger partial charge >= 0.3 is 0 Å². The Bertz CT molecular complexity index is 362. The molecule has 1 aliphatic rings. The standard InChI is InChI=1S/C15H23NO/c1-4-12-8-9-16-15(12)13-6-5-7-14(10-13)17-11(2)3/h5-7,10-12,15-16H,4,8-9H2,1-3H3. The van der Waals surface area contributed by atoms with Gasteiger partial charge in [0, 0.05) is 6.04 Å². The first-order chi connectivity index (χ1) is 8.20. The first-order valence-corrected chi connectivity index (χ1v) is 6.70. The lowest BCUT2D eigenvalue weighted by molar-refractivity contribution is 0.242. The van der Waals surface area contributed by atoms with Gasteiger partial charge < -0.3 is 10.1 Å². The second-order valence-corrected chi connectivity index (χ2v) is 5.13. The minimum absolute atomic E-state index is 0.240. The Labute approximate surface area is 104 Å². The predicted molar refractivity (Wildman–Crippen MR) is 71.3 cm³/mol. The molecule has 0 aliphatic carbocycles. The highest BCUT2D eigenvalue weighted by atomic mass is 16.5. The second kappa shape index (κ2) is 5.54. The van der Waals surface area contributed by atoms with Crippen molar-refractivity contribution in [3.8, 4) is 5.75 Å². The molecule has 1 heterocycles. The number of hydrogen-bond donors (Lipinski definition) is 1. The third kappa shape index (κ3) is 3.01. The van der Waals surface area contributed by atoms with E-state index in [1.165, 1.54) is 18.4 Å². The molecule has 0 radical (unpaired) electrons. The van der Waals surface area contributed by atoms with Crippen molar-refractivity contribution in [2.75, 3.05) is 6.54 Å². The second-order valence-electron chi connectivity index (χ2n) is 5.13. The highest BCUT2D eigenvalue weighted by molar-refractivity contribution is 5.31. The summed E-state index contributed by atoms with van der Waals surface area (Å²) >= 11 is 0. The monoisotopic (exact) mass is 233 g/mol. The van der Waals surface area contributed by atoms with E-state index in [1.807, 2.05) is 6.07 Å². The molecule has 2 rings (SSSR count). The van der Waals surface area contributed by atoms with Crippen molar-refractivity contribution in [2.24, 2.45) is 5.92 Å². The fourth-order valence-electron chi connectivity index (χ4n) is 2.64. The molecule has 1 N–H and O–H groups in total. The molecular weight excluding hydrogens is 210 g/mol. The third-order valence-electron chi connectivity index (χ3n) is 3.46. The van der Waals surface area contributed by atoms with Crippen molar-refractivity contribution in [3.63, 3.8) is 0 Å². The highest BCUT2D eigenvalue weighted by Crippen LogP contribution is 2.33. The third-order valence-corrected chi connectivity index (χ3v) is 3.46. The molecule has 0 bridgehead atoms. The topological polar surface area (TPSA) is 21.3 Å². The van der Waals surface area contributed by atoms with Crippen molar-refractivity contribution in [2.45, 2.75) is 45.8 Å². The van der Waals surface area contributed by atoms with Crippen LogP contribution in [0.25, 0.3) is 0 Å². The summed E-state index contributed by atoms with van der Waals surface area (Å²) in [5.41, 5.74) is 1.37. The molecule has 1 aromatic carbocycles. The zero-order valence-corrected chi connectivity index (χ0v) is 11.1. The van der Waals surface area contributed by atoms with Gasteiger partial charge in [-0.3, -0.25) is 0 Å². The fourth-order valence-corrected chi connectivity index (χ4v) is 2.64. The van der Waals surface area contributed by atoms with Crippen molar-refractivity contribution >= 4 is 0 Å². The summed E-state index contributed by atoms with van der Waals surface area (Å²) in [6, 6.07) is 9.04. The smallest absolute Gasteiger partial charge is 0.120 e. The van der Waals surface area contributed by atoms with Gasteiger partial charge in [-0.15, -0.1) is 0 Å². The van der Waals surface area contributed by atoms with Crippen LogP contribution in [0.4, 0.5) is 0 Å². The van der Waals surface area contributed by atoms with Crippen LogP contribution in [0.3, 0.4) is 0 Å². The molecule has 0 saturated carbocycles. The van der Waals surface area contributed by atoms with Crippen LogP contribution in [0.2, 0.25) is 0 Å². The SMILES string of the molecule is CCC1CCNC1c1cccc(OC(C)C)c1. The van der Waals surface area contributed by atoms with Gasteiger partial charge in [0.05, 0.1) is 6.10 Å². The predicted octanol–water partition coefficient (Wildman–Crippen LogP) is 3.53. The average Bonchev–Trinajstić information content (AvgIpc) is 2.76. The van der Waals surface area contributed by atoms with Gasteiger partial charge in [-0.2, -0.15) is 0 Å². The number of hydrogen-bond acceptors (Lipinski definition) is 2. The van der Waals surface area contributed by atoms with Gasteiger partial charge in [0.25, 0.3) is 0 Å². The molecule has 17 heavy (non-hydrogen) atoms. The normalized spacial score (nSPS) is 24.2. The molecule has 1 aromatic rings. The van der Waals surface area contributed by atoms with Crippen LogP contribution in [0.5, 0.6) is 5.75 Å². The largest absolute Gasteiger partial charge is 0.491 e. The van der Waals surface area contributed by atoms with E-state index < -0.39 is 0 Å². The molecule has 2 atom stereocenters. The summed E-state index contributed by atoms with van der Waals surface area (Å²) in [5.74, 6) is 1.75. The van der Waals surface area contributed by atoms with Gasteiger partial charge in [0.1, 0.15) is 5.75 Å². The maximum atomic E-state index is 5.76. The van der Waals surface area contributed by atoms with Gasteiger partial charge in [-0.05, 0) is 50.4 Å². The first-order valence-electron chi connectivity index (χ1n) is 6.70. The van der Waals surface area contributed by atoms with Crippen LogP contribution in [-0.4, -0.2) is 12.6 Å². The number of rotatable bonds is 4. The summed E-state index contributed by atoms with van der Waals surface area (Å²) in [7, 11) is 0. The maximum Gasteiger partial charge on any atom is 0.120 e. The molecule has 1 fully saturated rings. The summed E-state index contributed by atoms with van der Waals surface area (Å²) in [6.07, 6.45) is 2.77. The average molecular weight is 233 g/mol. The van der Waals surface area contributed by atoms with E-state index in [9.17, 15) is 0 Å². The molecule has 1 saturated heterocycles. The zero-order valence-electron chi connectivity index (χ0n) is 11.1. The minimum atomic E-state index is 0.240. The van der Waals surface area contributed by atoms with Crippen molar-refractivity contribution in [3.05, 3.63) is 29.8 Å². The molecule has 0 amide bonds. The molecule has 94 valence electrons. The van der Waals surface area contributed by atoms with E-state index in [1.54, 1.807) is 0 Å². The van der Waals surface area contributed by atoms with E-state index in [2.05, 4.69) is 44.3 Å². The number of ether oxygens (including phenoxy) is 1. The number of benzene rings is 1. The zero-order chi connectivity index (χ0) is 12.3. The van der Waals surface area contributed by atoms with E-state index in [4.69, 9.17) is 4.74 Å². The molecule has 2 heteroatoms. The van der Waals surface area contributed by atoms with Gasteiger partial charge in [0.2, 0.25) is 0 Å². The Balaban J connectivity index is 2.15. The molecular formula is C15H23NO. The van der Waals surface area contributed by atoms with E-state index in [0.29, 0.717) is 6.04 Å². The summed E-state index contributed by atoms with van der Waals surface area (Å²) in [6.45, 7) is 7.54. The minimum Gasteiger partial charge on any atom is -0.491 e. The van der Waals surface area contributed by atoms with Crippen LogP contribution >= 0.6 is 0 Å². The fraction of sp³-hybridized carbons (Fsp3) is 0.600. The lowest BCUT2D eigenvalue weighted by Crippen LogP contribution is -2.17. The molecule has 2 unspecified atom stereocenters. The Morgan fingerprint density at radius 1 is 1.41 bits per heavy atom. The van der Waals surface area contributed by atoms with Crippen LogP contribution < -0.4 is 10.1 Å². The Kier molecular flexibility index (Phi) is 4.06. The van der Waals surface area contributed by atoms with E-state index >= 15 is 0 Å². The molecule has 0 spiro atoms. The highest BCUT2D eigenvalue weighted by Gasteiger charge is 2.26. The lowest BCUT2D eigenvalue weighted by atomic mass is 9.92. The van der Waals surface area contributed by atoms with Crippen molar-refractivity contribution < 1.29 is 4.74 Å². The Hall–Kier alpha value is -1.02. The molecule has 1 aliphatic heterocycles. The molecule has 0 aromatic heterocycles. The quantitative estimate of drug-likeness (QED) is 0.859. The van der Waals surface area contributed by atoms with Gasteiger partial charge in [0.15, 0.2) is 0 Å². The van der Waals surface area contributed by atoms with Crippen LogP contribution in [0.15, 0.2) is 24.3 Å². The Morgan fingerprint density at radius 3 is 2.94 bits per heavy atom. The van der Waals surface area contributed by atoms with E-state index in [-0.39, 0.29) is 6.10 Å². The van der Waals surface area contributed by atoms with Gasteiger partial charge in [-0.1, -0.05) is 25.5 Å². The van der Waals surface area contributed by atoms with Gasteiger partial charge in [-0.25, -0.2) is 0 Å². The molecule has 2 nitrogen and oxygen atoms in total. The Morgan fingerprint density at radius 2 is 2.24 bits per heavy atom. The van der Waals surface area contributed by atoms with E-state index in [0.717, 1.165) is 18.2 Å². The maximum absolute atomic E-state index is 5.76. The van der Waals surface area contributed by atoms with Crippen LogP contribution in [-0.2, 0) is 0 Å². The summed E-state index contributed by atoms with van der Waals surface area (Å²) in [5, 5.41) is 3.60.